The minimum Gasteiger partial charge on any atom is -0.493 e. The summed E-state index contributed by atoms with van der Waals surface area (Å²) in [5, 5.41) is 20.0. The molecule has 168 valence electrons. The third-order valence-corrected chi connectivity index (χ3v) is 5.79. The van der Waals surface area contributed by atoms with E-state index in [1.165, 1.54) is 0 Å². The number of aliphatic carboxylic acids is 1. The van der Waals surface area contributed by atoms with Gasteiger partial charge in [-0.25, -0.2) is 0 Å². The van der Waals surface area contributed by atoms with Crippen molar-refractivity contribution in [1.82, 2.24) is 4.57 Å². The molecule has 3 unspecified atom stereocenters. The van der Waals surface area contributed by atoms with Gasteiger partial charge in [0.15, 0.2) is 11.5 Å². The van der Waals surface area contributed by atoms with Crippen LogP contribution < -0.4 is 9.47 Å². The van der Waals surface area contributed by atoms with Crippen LogP contribution in [0.2, 0.25) is 5.02 Å². The summed E-state index contributed by atoms with van der Waals surface area (Å²) < 4.78 is 19.7. The molecule has 2 heterocycles. The molecule has 7 nitrogen and oxygen atoms in total. The van der Waals surface area contributed by atoms with E-state index in [1.54, 1.807) is 20.3 Å². The Hall–Kier alpha value is -3.00. The van der Waals surface area contributed by atoms with Crippen LogP contribution in [0.3, 0.4) is 0 Å². The zero-order valence-corrected chi connectivity index (χ0v) is 18.5. The average Bonchev–Trinajstić information content (AvgIpc) is 3.21. The molecule has 1 aromatic heterocycles. The fraction of sp³-hybridized carbons (Fsp3) is 0.292. The number of aromatic nitrogens is 1. The molecule has 2 aromatic carbocycles. The van der Waals surface area contributed by atoms with Gasteiger partial charge in [0.25, 0.3) is 0 Å². The van der Waals surface area contributed by atoms with E-state index in [1.807, 2.05) is 53.2 Å². The van der Waals surface area contributed by atoms with Crippen LogP contribution in [0.1, 0.15) is 41.9 Å². The molecule has 0 radical (unpaired) electrons. The molecule has 2 N–H and O–H groups in total. The molecule has 0 saturated carbocycles. The van der Waals surface area contributed by atoms with Gasteiger partial charge in [0, 0.05) is 28.8 Å². The Labute approximate surface area is 190 Å². The number of hydrogen-bond acceptors (Lipinski definition) is 5. The summed E-state index contributed by atoms with van der Waals surface area (Å²) >= 11 is 6.37. The lowest BCUT2D eigenvalue weighted by molar-refractivity contribution is -0.139. The molecule has 8 heteroatoms. The number of nitrogens with zero attached hydrogens (tertiary/aromatic N) is 1. The third kappa shape index (κ3) is 4.19. The van der Waals surface area contributed by atoms with Crippen molar-refractivity contribution in [1.29, 1.82) is 0 Å². The lowest BCUT2D eigenvalue weighted by Gasteiger charge is -2.26. The number of hydrogen-bond donors (Lipinski definition) is 2. The number of benzene rings is 2. The number of methoxy groups -OCH3 is 2. The minimum absolute atomic E-state index is 0.112. The molecule has 1 aliphatic rings. The fourth-order valence-electron chi connectivity index (χ4n) is 4.21. The first-order valence-corrected chi connectivity index (χ1v) is 10.5. The standard InChI is InChI=1S/C24H24ClNO6/c1-30-20-7-3-5-16(24(20)31-2)23-17-11-14(25)8-9-18(17)26-10-4-6-19(26)21(32-23)12-15(27)13-22(28)29/h3-11,15,21,23,27H,12-13H2,1-2H3,(H,28,29). The van der Waals surface area contributed by atoms with Crippen LogP contribution in [0.4, 0.5) is 0 Å². The first kappa shape index (κ1) is 22.2. The second kappa shape index (κ2) is 9.24. The Morgan fingerprint density at radius 3 is 2.69 bits per heavy atom. The van der Waals surface area contributed by atoms with E-state index in [0.717, 1.165) is 22.5 Å². The van der Waals surface area contributed by atoms with Crippen LogP contribution in [0.25, 0.3) is 5.69 Å². The van der Waals surface area contributed by atoms with E-state index in [4.69, 9.17) is 30.9 Å². The first-order valence-electron chi connectivity index (χ1n) is 10.2. The lowest BCUT2D eigenvalue weighted by Crippen LogP contribution is -2.20. The number of aliphatic hydroxyl groups excluding tert-OH is 1. The van der Waals surface area contributed by atoms with Crippen molar-refractivity contribution in [2.24, 2.45) is 0 Å². The number of carboxylic acid groups (broad SMARTS) is 1. The Kier molecular flexibility index (Phi) is 6.41. The van der Waals surface area contributed by atoms with E-state index in [-0.39, 0.29) is 12.8 Å². The van der Waals surface area contributed by atoms with Crippen molar-refractivity contribution in [3.05, 3.63) is 76.6 Å². The monoisotopic (exact) mass is 457 g/mol. The number of halogens is 1. The summed E-state index contributed by atoms with van der Waals surface area (Å²) in [5.41, 5.74) is 3.23. The fourth-order valence-corrected chi connectivity index (χ4v) is 4.39. The van der Waals surface area contributed by atoms with Gasteiger partial charge in [0.05, 0.1) is 38.1 Å². The second-order valence-electron chi connectivity index (χ2n) is 7.58. The van der Waals surface area contributed by atoms with Crippen LogP contribution in [0.5, 0.6) is 11.5 Å². The average molecular weight is 458 g/mol. The number of carboxylic acids is 1. The molecular formula is C24H24ClNO6. The highest BCUT2D eigenvalue weighted by Gasteiger charge is 2.34. The predicted octanol–water partition coefficient (Wildman–Crippen LogP) is 4.53. The van der Waals surface area contributed by atoms with Gasteiger partial charge in [-0.05, 0) is 36.4 Å². The molecule has 4 rings (SSSR count). The smallest absolute Gasteiger partial charge is 0.305 e. The maximum Gasteiger partial charge on any atom is 0.305 e. The highest BCUT2D eigenvalue weighted by Crippen LogP contribution is 2.46. The number of carbonyl (C=O) groups is 1. The van der Waals surface area contributed by atoms with Crippen molar-refractivity contribution in [3.8, 4) is 17.2 Å². The Morgan fingerprint density at radius 2 is 1.97 bits per heavy atom. The van der Waals surface area contributed by atoms with Gasteiger partial charge in [-0.3, -0.25) is 4.79 Å². The Bertz CT molecular complexity index is 1130. The van der Waals surface area contributed by atoms with Gasteiger partial charge in [-0.15, -0.1) is 0 Å². The van der Waals surface area contributed by atoms with Crippen LogP contribution in [-0.4, -0.2) is 41.1 Å². The van der Waals surface area contributed by atoms with E-state index in [2.05, 4.69) is 0 Å². The largest absolute Gasteiger partial charge is 0.493 e. The van der Waals surface area contributed by atoms with Gasteiger partial charge < -0.3 is 29.0 Å². The summed E-state index contributed by atoms with van der Waals surface area (Å²) in [6.45, 7) is 0. The summed E-state index contributed by atoms with van der Waals surface area (Å²) in [4.78, 5) is 11.1. The number of fused-ring (bicyclic) bond motifs is 3. The molecule has 32 heavy (non-hydrogen) atoms. The molecule has 0 spiro atoms. The first-order chi connectivity index (χ1) is 15.4. The summed E-state index contributed by atoms with van der Waals surface area (Å²) in [6, 6.07) is 14.9. The molecule has 0 aliphatic carbocycles. The molecular weight excluding hydrogens is 434 g/mol. The SMILES string of the molecule is COc1cccc(C2OC(CC(O)CC(=O)O)c3cccn3-c3ccc(Cl)cc32)c1OC. The quantitative estimate of drug-likeness (QED) is 0.541. The van der Waals surface area contributed by atoms with Gasteiger partial charge in [0.2, 0.25) is 0 Å². The van der Waals surface area contributed by atoms with Crippen LogP contribution >= 0.6 is 11.6 Å². The minimum atomic E-state index is -1.07. The summed E-state index contributed by atoms with van der Waals surface area (Å²) in [5.74, 6) is 0.0217. The molecule has 1 aliphatic heterocycles. The molecule has 0 fully saturated rings. The predicted molar refractivity (Wildman–Crippen MR) is 119 cm³/mol. The van der Waals surface area contributed by atoms with Crippen molar-refractivity contribution in [2.75, 3.05) is 14.2 Å². The van der Waals surface area contributed by atoms with Gasteiger partial charge in [-0.2, -0.15) is 0 Å². The van der Waals surface area contributed by atoms with E-state index < -0.39 is 24.3 Å². The number of rotatable bonds is 7. The van der Waals surface area contributed by atoms with Crippen molar-refractivity contribution in [2.45, 2.75) is 31.2 Å². The second-order valence-corrected chi connectivity index (χ2v) is 8.02. The molecule has 3 aromatic rings. The normalized spacial score (nSPS) is 18.2. The van der Waals surface area contributed by atoms with Crippen molar-refractivity contribution in [3.63, 3.8) is 0 Å². The highest BCUT2D eigenvalue weighted by molar-refractivity contribution is 6.30. The Balaban J connectivity index is 1.87. The lowest BCUT2D eigenvalue weighted by atomic mass is 9.98. The summed E-state index contributed by atoms with van der Waals surface area (Å²) in [6.07, 6.45) is -0.596. The van der Waals surface area contributed by atoms with Crippen molar-refractivity contribution >= 4 is 17.6 Å². The zero-order chi connectivity index (χ0) is 22.8. The molecule has 3 atom stereocenters. The summed E-state index contributed by atoms with van der Waals surface area (Å²) in [7, 11) is 3.13. The molecule has 0 saturated heterocycles. The maximum atomic E-state index is 11.1. The van der Waals surface area contributed by atoms with E-state index in [9.17, 15) is 9.90 Å². The number of para-hydroxylation sites is 1. The van der Waals surface area contributed by atoms with Gasteiger partial charge in [-0.1, -0.05) is 23.7 Å². The Morgan fingerprint density at radius 1 is 1.16 bits per heavy atom. The van der Waals surface area contributed by atoms with Crippen LogP contribution in [0.15, 0.2) is 54.7 Å². The zero-order valence-electron chi connectivity index (χ0n) is 17.7. The van der Waals surface area contributed by atoms with Crippen LogP contribution in [0, 0.1) is 0 Å². The number of ether oxygens (including phenoxy) is 3. The molecule has 0 amide bonds. The maximum absolute atomic E-state index is 11.1. The van der Waals surface area contributed by atoms with Gasteiger partial charge >= 0.3 is 5.97 Å². The number of aliphatic hydroxyl groups is 1. The highest BCUT2D eigenvalue weighted by atomic mass is 35.5. The van der Waals surface area contributed by atoms with Crippen molar-refractivity contribution < 1.29 is 29.2 Å². The van der Waals surface area contributed by atoms with E-state index >= 15 is 0 Å². The molecule has 0 bridgehead atoms. The third-order valence-electron chi connectivity index (χ3n) is 5.55. The van der Waals surface area contributed by atoms with Gasteiger partial charge in [0.1, 0.15) is 12.2 Å². The topological polar surface area (TPSA) is 90.1 Å². The van der Waals surface area contributed by atoms with Crippen LogP contribution in [-0.2, 0) is 9.53 Å². The van der Waals surface area contributed by atoms with E-state index in [0.29, 0.717) is 16.5 Å².